The molecule has 22 heavy (non-hydrogen) atoms. The van der Waals surface area contributed by atoms with E-state index in [1.54, 1.807) is 18.3 Å². The zero-order valence-corrected chi connectivity index (χ0v) is 13.7. The quantitative estimate of drug-likeness (QED) is 0.743. The Balaban J connectivity index is 1.97. The van der Waals surface area contributed by atoms with Crippen molar-refractivity contribution in [2.45, 2.75) is 31.2 Å². The van der Waals surface area contributed by atoms with Crippen LogP contribution < -0.4 is 4.72 Å². The van der Waals surface area contributed by atoms with Crippen LogP contribution in [0.5, 0.6) is 0 Å². The molecule has 116 valence electrons. The van der Waals surface area contributed by atoms with E-state index in [2.05, 4.69) is 23.4 Å². The predicted octanol–water partition coefficient (Wildman–Crippen LogP) is 2.15. The van der Waals surface area contributed by atoms with Crippen molar-refractivity contribution in [3.63, 3.8) is 0 Å². The molecule has 7 nitrogen and oxygen atoms in total. The Labute approximate surface area is 132 Å². The molecule has 1 unspecified atom stereocenters. The van der Waals surface area contributed by atoms with Gasteiger partial charge in [0.15, 0.2) is 0 Å². The van der Waals surface area contributed by atoms with Crippen LogP contribution in [-0.4, -0.2) is 27.1 Å². The third kappa shape index (κ3) is 2.74. The zero-order chi connectivity index (χ0) is 15.7. The molecular formula is C13H15N5O2S2. The normalized spacial score (nSPS) is 13.5. The predicted molar refractivity (Wildman–Crippen MR) is 84.1 cm³/mol. The highest BCUT2D eigenvalue weighted by molar-refractivity contribution is 7.89. The Morgan fingerprint density at radius 3 is 2.86 bits per heavy atom. The van der Waals surface area contributed by atoms with E-state index >= 15 is 0 Å². The number of rotatable bonds is 5. The average Bonchev–Trinajstić information content (AvgIpc) is 3.12. The van der Waals surface area contributed by atoms with E-state index in [4.69, 9.17) is 0 Å². The van der Waals surface area contributed by atoms with E-state index in [1.807, 2.05) is 13.8 Å². The SMILES string of the molecule is CCC(NS(=O)(=O)c1cccc2nsnc12)c1ncc(C)[nH]1. The molecule has 0 amide bonds. The number of sulfonamides is 1. The summed E-state index contributed by atoms with van der Waals surface area (Å²) < 4.78 is 36.2. The second-order valence-corrected chi connectivity index (χ2v) is 7.13. The van der Waals surface area contributed by atoms with Gasteiger partial charge in [-0.25, -0.2) is 18.1 Å². The molecule has 1 aromatic carbocycles. The Morgan fingerprint density at radius 1 is 1.36 bits per heavy atom. The third-order valence-electron chi connectivity index (χ3n) is 3.30. The van der Waals surface area contributed by atoms with Crippen molar-refractivity contribution in [2.24, 2.45) is 0 Å². The number of imidazole rings is 1. The molecule has 0 saturated heterocycles. The van der Waals surface area contributed by atoms with E-state index in [0.29, 0.717) is 23.3 Å². The standard InChI is InChI=1S/C13H15N5O2S2/c1-3-9(13-14-7-8(2)15-13)18-22(19,20)11-6-4-5-10-12(11)17-21-16-10/h4-7,9,18H,3H2,1-2H3,(H,14,15). The topological polar surface area (TPSA) is 101 Å². The fraction of sp³-hybridized carbons (Fsp3) is 0.308. The van der Waals surface area contributed by atoms with Crippen molar-refractivity contribution >= 4 is 32.8 Å². The molecule has 2 N–H and O–H groups in total. The monoisotopic (exact) mass is 337 g/mol. The highest BCUT2D eigenvalue weighted by Gasteiger charge is 2.24. The van der Waals surface area contributed by atoms with Gasteiger partial charge < -0.3 is 4.98 Å². The van der Waals surface area contributed by atoms with Crippen molar-refractivity contribution < 1.29 is 8.42 Å². The van der Waals surface area contributed by atoms with Gasteiger partial charge in [-0.1, -0.05) is 13.0 Å². The average molecular weight is 337 g/mol. The van der Waals surface area contributed by atoms with Crippen LogP contribution >= 0.6 is 11.7 Å². The van der Waals surface area contributed by atoms with Crippen molar-refractivity contribution in [3.05, 3.63) is 35.9 Å². The van der Waals surface area contributed by atoms with Gasteiger partial charge in [-0.05, 0) is 25.5 Å². The number of hydrogen-bond acceptors (Lipinski definition) is 6. The summed E-state index contributed by atoms with van der Waals surface area (Å²) in [5.41, 5.74) is 1.86. The molecule has 0 aliphatic heterocycles. The number of nitrogens with zero attached hydrogens (tertiary/aromatic N) is 3. The fourth-order valence-corrected chi connectivity index (χ4v) is 4.24. The van der Waals surface area contributed by atoms with E-state index in [1.165, 1.54) is 6.07 Å². The van der Waals surface area contributed by atoms with Crippen molar-refractivity contribution in [3.8, 4) is 0 Å². The summed E-state index contributed by atoms with van der Waals surface area (Å²) in [7, 11) is -3.71. The first kappa shape index (κ1) is 15.1. The summed E-state index contributed by atoms with van der Waals surface area (Å²) in [5, 5.41) is 0. The first-order chi connectivity index (χ1) is 10.5. The Morgan fingerprint density at radius 2 is 2.18 bits per heavy atom. The van der Waals surface area contributed by atoms with Gasteiger partial charge in [0.2, 0.25) is 10.0 Å². The van der Waals surface area contributed by atoms with Gasteiger partial charge in [0.1, 0.15) is 21.8 Å². The van der Waals surface area contributed by atoms with Crippen LogP contribution in [0, 0.1) is 6.92 Å². The van der Waals surface area contributed by atoms with Gasteiger partial charge in [0, 0.05) is 11.9 Å². The molecule has 0 saturated carbocycles. The van der Waals surface area contributed by atoms with Crippen LogP contribution in [0.3, 0.4) is 0 Å². The number of benzene rings is 1. The minimum absolute atomic E-state index is 0.139. The van der Waals surface area contributed by atoms with Crippen LogP contribution in [0.25, 0.3) is 11.0 Å². The van der Waals surface area contributed by atoms with Crippen LogP contribution in [0.1, 0.15) is 30.9 Å². The maximum absolute atomic E-state index is 12.7. The summed E-state index contributed by atoms with van der Waals surface area (Å²) in [5.74, 6) is 0.604. The van der Waals surface area contributed by atoms with Crippen molar-refractivity contribution in [2.75, 3.05) is 0 Å². The van der Waals surface area contributed by atoms with Gasteiger partial charge in [-0.2, -0.15) is 8.75 Å². The van der Waals surface area contributed by atoms with Gasteiger partial charge in [0.25, 0.3) is 0 Å². The smallest absolute Gasteiger partial charge is 0.243 e. The number of fused-ring (bicyclic) bond motifs is 1. The Hall–Kier alpha value is -1.84. The summed E-state index contributed by atoms with van der Waals surface area (Å²) in [6.07, 6.45) is 2.26. The lowest BCUT2D eigenvalue weighted by atomic mass is 10.2. The van der Waals surface area contributed by atoms with Crippen LogP contribution in [0.4, 0.5) is 0 Å². The number of aryl methyl sites for hydroxylation is 1. The van der Waals surface area contributed by atoms with Crippen molar-refractivity contribution in [1.82, 2.24) is 23.4 Å². The second-order valence-electron chi connectivity index (χ2n) is 4.92. The summed E-state index contributed by atoms with van der Waals surface area (Å²) in [6, 6.07) is 4.52. The molecule has 3 aromatic rings. The fourth-order valence-electron chi connectivity index (χ4n) is 2.19. The lowest BCUT2D eigenvalue weighted by Crippen LogP contribution is -2.29. The molecule has 0 aliphatic rings. The minimum atomic E-state index is -3.71. The number of aromatic amines is 1. The summed E-state index contributed by atoms with van der Waals surface area (Å²) in [6.45, 7) is 3.77. The molecule has 0 fully saturated rings. The van der Waals surface area contributed by atoms with Crippen molar-refractivity contribution in [1.29, 1.82) is 0 Å². The zero-order valence-electron chi connectivity index (χ0n) is 12.1. The number of nitrogens with one attached hydrogen (secondary N) is 2. The van der Waals surface area contributed by atoms with Crippen LogP contribution in [-0.2, 0) is 10.0 Å². The highest BCUT2D eigenvalue weighted by atomic mass is 32.2. The third-order valence-corrected chi connectivity index (χ3v) is 5.34. The lowest BCUT2D eigenvalue weighted by Gasteiger charge is -2.15. The van der Waals surface area contributed by atoms with Gasteiger partial charge in [-0.15, -0.1) is 0 Å². The molecule has 0 aliphatic carbocycles. The van der Waals surface area contributed by atoms with Gasteiger partial charge in [-0.3, -0.25) is 0 Å². The minimum Gasteiger partial charge on any atom is -0.345 e. The molecule has 1 atom stereocenters. The molecule has 0 bridgehead atoms. The van der Waals surface area contributed by atoms with Crippen LogP contribution in [0.15, 0.2) is 29.3 Å². The number of hydrogen-bond donors (Lipinski definition) is 2. The highest BCUT2D eigenvalue weighted by Crippen LogP contribution is 2.23. The van der Waals surface area contributed by atoms with E-state index in [0.717, 1.165) is 17.4 Å². The van der Waals surface area contributed by atoms with Gasteiger partial charge in [0.05, 0.1) is 17.8 Å². The summed E-state index contributed by atoms with van der Waals surface area (Å²) in [4.78, 5) is 7.42. The molecular weight excluding hydrogens is 322 g/mol. The lowest BCUT2D eigenvalue weighted by molar-refractivity contribution is 0.539. The van der Waals surface area contributed by atoms with E-state index < -0.39 is 16.1 Å². The molecule has 9 heteroatoms. The number of H-pyrrole nitrogens is 1. The number of aromatic nitrogens is 4. The first-order valence-electron chi connectivity index (χ1n) is 6.76. The maximum atomic E-state index is 12.7. The molecule has 3 rings (SSSR count). The largest absolute Gasteiger partial charge is 0.345 e. The Kier molecular flexibility index (Phi) is 3.94. The Bertz CT molecular complexity index is 900. The summed E-state index contributed by atoms with van der Waals surface area (Å²) >= 11 is 0.997. The molecule has 2 heterocycles. The molecule has 0 radical (unpaired) electrons. The van der Waals surface area contributed by atoms with E-state index in [-0.39, 0.29) is 4.90 Å². The second kappa shape index (κ2) is 5.75. The van der Waals surface area contributed by atoms with Gasteiger partial charge >= 0.3 is 0 Å². The van der Waals surface area contributed by atoms with E-state index in [9.17, 15) is 8.42 Å². The maximum Gasteiger partial charge on any atom is 0.243 e. The molecule has 0 spiro atoms. The molecule has 2 aromatic heterocycles. The first-order valence-corrected chi connectivity index (χ1v) is 8.97. The van der Waals surface area contributed by atoms with Crippen LogP contribution in [0.2, 0.25) is 0 Å².